The van der Waals surface area contributed by atoms with Crippen LogP contribution < -0.4 is 10.6 Å². The van der Waals surface area contributed by atoms with Crippen molar-refractivity contribution < 1.29 is 22.7 Å². The minimum atomic E-state index is -4.48. The Balaban J connectivity index is 1.46. The Morgan fingerprint density at radius 2 is 1.68 bits per heavy atom. The van der Waals surface area contributed by atoms with Crippen LogP contribution in [0.5, 0.6) is 0 Å². The fourth-order valence-electron chi connectivity index (χ4n) is 4.52. The standard InChI is InChI=1S/C27H31F3N6O2/c1-15(20-8-6-17(12-32-20)18-7-9-22(33-13-18)27(28,29)30)35-25-31-11-10-21(36-25)23-19(14-34-24(23)37)16(2)38-26(3,4)5/h6-13,15-16,19,23H,14H2,1-5H3,(H,34,37)(H,31,35,36)/t15-,16+,19?,23+/m0/s1. The molecule has 1 saturated heterocycles. The van der Waals surface area contributed by atoms with Crippen molar-refractivity contribution in [2.24, 2.45) is 5.92 Å². The van der Waals surface area contributed by atoms with E-state index < -0.39 is 17.8 Å². The molecule has 1 aliphatic heterocycles. The molecular weight excluding hydrogens is 497 g/mol. The minimum Gasteiger partial charge on any atom is -0.373 e. The van der Waals surface area contributed by atoms with Gasteiger partial charge in [-0.3, -0.25) is 14.8 Å². The van der Waals surface area contributed by atoms with Crippen molar-refractivity contribution in [3.63, 3.8) is 0 Å². The highest BCUT2D eigenvalue weighted by molar-refractivity contribution is 5.85. The summed E-state index contributed by atoms with van der Waals surface area (Å²) in [5, 5.41) is 6.15. The molecule has 3 aromatic rings. The maximum Gasteiger partial charge on any atom is 0.433 e. The van der Waals surface area contributed by atoms with Crippen molar-refractivity contribution in [1.82, 2.24) is 25.3 Å². The number of anilines is 1. The number of alkyl halides is 3. The van der Waals surface area contributed by atoms with Crippen molar-refractivity contribution in [2.75, 3.05) is 11.9 Å². The van der Waals surface area contributed by atoms with Gasteiger partial charge in [-0.25, -0.2) is 9.97 Å². The highest BCUT2D eigenvalue weighted by Gasteiger charge is 2.41. The van der Waals surface area contributed by atoms with Crippen LogP contribution in [0, 0.1) is 5.92 Å². The summed E-state index contributed by atoms with van der Waals surface area (Å²) < 4.78 is 44.4. The molecule has 4 heterocycles. The first-order valence-electron chi connectivity index (χ1n) is 12.4. The average molecular weight is 529 g/mol. The first-order valence-corrected chi connectivity index (χ1v) is 12.4. The highest BCUT2D eigenvalue weighted by atomic mass is 19.4. The lowest BCUT2D eigenvalue weighted by atomic mass is 9.88. The molecule has 8 nitrogen and oxygen atoms in total. The van der Waals surface area contributed by atoms with Gasteiger partial charge in [0.2, 0.25) is 11.9 Å². The minimum absolute atomic E-state index is 0.0733. The molecule has 1 unspecified atom stereocenters. The van der Waals surface area contributed by atoms with E-state index in [0.717, 1.165) is 6.07 Å². The van der Waals surface area contributed by atoms with Gasteiger partial charge in [0.05, 0.1) is 35.1 Å². The van der Waals surface area contributed by atoms with E-state index in [-0.39, 0.29) is 29.6 Å². The van der Waals surface area contributed by atoms with Gasteiger partial charge in [-0.15, -0.1) is 0 Å². The van der Waals surface area contributed by atoms with Crippen LogP contribution in [-0.4, -0.2) is 44.1 Å². The number of ether oxygens (including phenoxy) is 1. The molecule has 0 radical (unpaired) electrons. The number of nitrogens with zero attached hydrogens (tertiary/aromatic N) is 4. The lowest BCUT2D eigenvalue weighted by molar-refractivity contribution is -0.141. The molecule has 0 spiro atoms. The molecule has 11 heteroatoms. The Morgan fingerprint density at radius 3 is 2.26 bits per heavy atom. The summed E-state index contributed by atoms with van der Waals surface area (Å²) >= 11 is 0. The van der Waals surface area contributed by atoms with Crippen LogP contribution in [0.25, 0.3) is 11.1 Å². The molecule has 0 saturated carbocycles. The third kappa shape index (κ3) is 6.45. The second-order valence-corrected chi connectivity index (χ2v) is 10.4. The molecule has 4 atom stereocenters. The van der Waals surface area contributed by atoms with Crippen molar-refractivity contribution in [3.05, 3.63) is 66.0 Å². The van der Waals surface area contributed by atoms with E-state index >= 15 is 0 Å². The molecule has 3 aromatic heterocycles. The van der Waals surface area contributed by atoms with E-state index in [1.54, 1.807) is 30.6 Å². The maximum absolute atomic E-state index is 12.8. The summed E-state index contributed by atoms with van der Waals surface area (Å²) in [4.78, 5) is 29.6. The molecule has 0 aliphatic carbocycles. The Hall–Kier alpha value is -3.60. The van der Waals surface area contributed by atoms with E-state index in [2.05, 4.69) is 30.6 Å². The van der Waals surface area contributed by atoms with Crippen LogP contribution in [0.3, 0.4) is 0 Å². The Bertz CT molecular complexity index is 1260. The summed E-state index contributed by atoms with van der Waals surface area (Å²) in [6, 6.07) is 7.33. The predicted octanol–water partition coefficient (Wildman–Crippen LogP) is 5.16. The van der Waals surface area contributed by atoms with E-state index in [1.807, 2.05) is 34.6 Å². The van der Waals surface area contributed by atoms with Crippen LogP contribution in [0.1, 0.15) is 63.7 Å². The van der Waals surface area contributed by atoms with Gasteiger partial charge in [-0.05, 0) is 52.8 Å². The zero-order valence-electron chi connectivity index (χ0n) is 21.9. The van der Waals surface area contributed by atoms with Crippen LogP contribution in [0.4, 0.5) is 19.1 Å². The van der Waals surface area contributed by atoms with Crippen LogP contribution in [0.15, 0.2) is 48.9 Å². The zero-order chi connectivity index (χ0) is 27.7. The number of carbonyl (C=O) groups excluding carboxylic acids is 1. The molecule has 1 amide bonds. The van der Waals surface area contributed by atoms with Crippen molar-refractivity contribution in [2.45, 2.75) is 64.5 Å². The largest absolute Gasteiger partial charge is 0.433 e. The van der Waals surface area contributed by atoms with Gasteiger partial charge >= 0.3 is 6.18 Å². The number of nitrogens with one attached hydrogen (secondary N) is 2. The van der Waals surface area contributed by atoms with Gasteiger partial charge in [0.1, 0.15) is 5.69 Å². The van der Waals surface area contributed by atoms with Gasteiger partial charge in [-0.2, -0.15) is 13.2 Å². The first kappa shape index (κ1) is 27.4. The third-order valence-corrected chi connectivity index (χ3v) is 6.32. The molecule has 4 rings (SSSR count). The second-order valence-electron chi connectivity index (χ2n) is 10.4. The maximum atomic E-state index is 12.8. The van der Waals surface area contributed by atoms with Gasteiger partial charge in [0.15, 0.2) is 0 Å². The van der Waals surface area contributed by atoms with E-state index in [0.29, 0.717) is 35.0 Å². The SMILES string of the molecule is C[C@H](Nc1nccc([C@@H]2C(=O)NCC2[C@@H](C)OC(C)(C)C)n1)c1ccc(-c2ccc(C(F)(F)F)nc2)cn1. The van der Waals surface area contributed by atoms with E-state index in [4.69, 9.17) is 4.74 Å². The van der Waals surface area contributed by atoms with Crippen LogP contribution in [0.2, 0.25) is 0 Å². The Morgan fingerprint density at radius 1 is 1.00 bits per heavy atom. The highest BCUT2D eigenvalue weighted by Crippen LogP contribution is 2.34. The third-order valence-electron chi connectivity index (χ3n) is 6.32. The van der Waals surface area contributed by atoms with Gasteiger partial charge in [0, 0.05) is 42.2 Å². The van der Waals surface area contributed by atoms with E-state index in [1.165, 1.54) is 12.3 Å². The number of hydrogen-bond donors (Lipinski definition) is 2. The summed E-state index contributed by atoms with van der Waals surface area (Å²) in [5.41, 5.74) is 1.19. The Labute approximate surface area is 219 Å². The zero-order valence-corrected chi connectivity index (χ0v) is 21.9. The lowest BCUT2D eigenvalue weighted by Gasteiger charge is -2.30. The monoisotopic (exact) mass is 528 g/mol. The normalized spacial score (nSPS) is 19.6. The van der Waals surface area contributed by atoms with Crippen molar-refractivity contribution >= 4 is 11.9 Å². The number of aromatic nitrogens is 4. The molecule has 38 heavy (non-hydrogen) atoms. The first-order chi connectivity index (χ1) is 17.8. The molecule has 1 fully saturated rings. The van der Waals surface area contributed by atoms with E-state index in [9.17, 15) is 18.0 Å². The summed E-state index contributed by atoms with van der Waals surface area (Å²) in [7, 11) is 0. The van der Waals surface area contributed by atoms with Gasteiger partial charge in [0.25, 0.3) is 0 Å². The van der Waals surface area contributed by atoms with Gasteiger partial charge < -0.3 is 15.4 Å². The predicted molar refractivity (Wildman–Crippen MR) is 136 cm³/mol. The summed E-state index contributed by atoms with van der Waals surface area (Å²) in [6.07, 6.45) is -0.266. The number of amides is 1. The molecule has 2 N–H and O–H groups in total. The van der Waals surface area contributed by atoms with Gasteiger partial charge in [-0.1, -0.05) is 12.1 Å². The number of halogens is 3. The van der Waals surface area contributed by atoms with Crippen LogP contribution in [-0.2, 0) is 15.7 Å². The molecule has 202 valence electrons. The smallest absolute Gasteiger partial charge is 0.373 e. The number of carbonyl (C=O) groups is 1. The summed E-state index contributed by atoms with van der Waals surface area (Å²) in [6.45, 7) is 10.3. The molecule has 0 bridgehead atoms. The summed E-state index contributed by atoms with van der Waals surface area (Å²) in [5.74, 6) is -0.264. The Kier molecular flexibility index (Phi) is 7.68. The average Bonchev–Trinajstić information content (AvgIpc) is 3.24. The lowest BCUT2D eigenvalue weighted by Crippen LogP contribution is -2.34. The number of rotatable bonds is 7. The fraction of sp³-hybridized carbons (Fsp3) is 0.444. The fourth-order valence-corrected chi connectivity index (χ4v) is 4.52. The quantitative estimate of drug-likeness (QED) is 0.437. The molecular formula is C27H31F3N6O2. The topological polar surface area (TPSA) is 102 Å². The second kappa shape index (κ2) is 10.6. The number of hydrogen-bond acceptors (Lipinski definition) is 7. The molecule has 1 aliphatic rings. The van der Waals surface area contributed by atoms with Crippen molar-refractivity contribution in [3.8, 4) is 11.1 Å². The van der Waals surface area contributed by atoms with Crippen molar-refractivity contribution in [1.29, 1.82) is 0 Å². The van der Waals surface area contributed by atoms with Crippen LogP contribution >= 0.6 is 0 Å². The molecule has 0 aromatic carbocycles. The number of pyridine rings is 2.